The van der Waals surface area contributed by atoms with E-state index in [2.05, 4.69) is 17.6 Å². The molecule has 24 heavy (non-hydrogen) atoms. The molecule has 5 nitrogen and oxygen atoms in total. The van der Waals surface area contributed by atoms with Crippen molar-refractivity contribution >= 4 is 23.2 Å². The van der Waals surface area contributed by atoms with Crippen molar-refractivity contribution in [1.82, 2.24) is 0 Å². The van der Waals surface area contributed by atoms with Gasteiger partial charge in [0, 0.05) is 25.1 Å². The molecule has 0 radical (unpaired) electrons. The van der Waals surface area contributed by atoms with E-state index in [1.165, 1.54) is 46.1 Å². The molecule has 5 heteroatoms. The van der Waals surface area contributed by atoms with E-state index < -0.39 is 0 Å². The Kier molecular flexibility index (Phi) is 9.58. The summed E-state index contributed by atoms with van der Waals surface area (Å²) >= 11 is 0. The molecule has 2 amide bonds. The molecular weight excluding hydrogens is 304 g/mol. The SMILES string of the molecule is CCCCCCCCCC(=O)Nc1ccc(NC(C)=O)c(OC)c1. The van der Waals surface area contributed by atoms with Crippen LogP contribution in [0.25, 0.3) is 0 Å². The summed E-state index contributed by atoms with van der Waals surface area (Å²) in [5.74, 6) is 0.376. The van der Waals surface area contributed by atoms with Crippen molar-refractivity contribution in [2.24, 2.45) is 0 Å². The Morgan fingerprint density at radius 3 is 2.29 bits per heavy atom. The van der Waals surface area contributed by atoms with Crippen LogP contribution in [-0.2, 0) is 9.59 Å². The van der Waals surface area contributed by atoms with E-state index in [-0.39, 0.29) is 11.8 Å². The van der Waals surface area contributed by atoms with Crippen molar-refractivity contribution in [3.63, 3.8) is 0 Å². The fraction of sp³-hybridized carbons (Fsp3) is 0.579. The van der Waals surface area contributed by atoms with Gasteiger partial charge >= 0.3 is 0 Å². The van der Waals surface area contributed by atoms with E-state index in [0.717, 1.165) is 12.8 Å². The Balaban J connectivity index is 2.37. The van der Waals surface area contributed by atoms with E-state index in [4.69, 9.17) is 4.74 Å². The molecule has 1 aromatic carbocycles. The molecule has 2 N–H and O–H groups in total. The lowest BCUT2D eigenvalue weighted by Gasteiger charge is -2.11. The summed E-state index contributed by atoms with van der Waals surface area (Å²) in [4.78, 5) is 23.1. The van der Waals surface area contributed by atoms with Gasteiger partial charge in [0.15, 0.2) is 0 Å². The van der Waals surface area contributed by atoms with Gasteiger partial charge in [-0.15, -0.1) is 0 Å². The molecule has 0 unspecified atom stereocenters. The second kappa shape index (κ2) is 11.5. The molecule has 0 spiro atoms. The first-order valence-corrected chi connectivity index (χ1v) is 8.82. The number of hydrogen-bond acceptors (Lipinski definition) is 3. The van der Waals surface area contributed by atoms with E-state index in [0.29, 0.717) is 23.5 Å². The van der Waals surface area contributed by atoms with Crippen molar-refractivity contribution in [1.29, 1.82) is 0 Å². The standard InChI is InChI=1S/C19H30N2O3/c1-4-5-6-7-8-9-10-11-19(23)21-16-12-13-17(20-15(2)22)18(14-16)24-3/h12-14H,4-11H2,1-3H3,(H,20,22)(H,21,23). The number of rotatable bonds is 11. The predicted molar refractivity (Wildman–Crippen MR) is 98.5 cm³/mol. The maximum atomic E-state index is 12.0. The van der Waals surface area contributed by atoms with Crippen molar-refractivity contribution in [2.45, 2.75) is 65.2 Å². The third kappa shape index (κ3) is 7.99. The van der Waals surface area contributed by atoms with Gasteiger partial charge in [-0.05, 0) is 18.6 Å². The molecule has 0 aliphatic carbocycles. The van der Waals surface area contributed by atoms with Gasteiger partial charge in [-0.25, -0.2) is 0 Å². The number of ether oxygens (including phenoxy) is 1. The summed E-state index contributed by atoms with van der Waals surface area (Å²) in [6.07, 6.45) is 8.86. The second-order valence-electron chi connectivity index (χ2n) is 6.02. The third-order valence-corrected chi connectivity index (χ3v) is 3.80. The van der Waals surface area contributed by atoms with Crippen molar-refractivity contribution in [3.05, 3.63) is 18.2 Å². The van der Waals surface area contributed by atoms with Crippen molar-refractivity contribution in [3.8, 4) is 5.75 Å². The highest BCUT2D eigenvalue weighted by Crippen LogP contribution is 2.28. The van der Waals surface area contributed by atoms with Crippen molar-refractivity contribution in [2.75, 3.05) is 17.7 Å². The fourth-order valence-corrected chi connectivity index (χ4v) is 2.53. The number of anilines is 2. The van der Waals surface area contributed by atoms with Gasteiger partial charge in [0.1, 0.15) is 5.75 Å². The largest absolute Gasteiger partial charge is 0.494 e. The molecule has 0 aliphatic heterocycles. The van der Waals surface area contributed by atoms with Gasteiger partial charge in [0.2, 0.25) is 11.8 Å². The minimum Gasteiger partial charge on any atom is -0.494 e. The van der Waals surface area contributed by atoms with Crippen LogP contribution in [0.2, 0.25) is 0 Å². The summed E-state index contributed by atoms with van der Waals surface area (Å²) in [5, 5.41) is 5.57. The van der Waals surface area contributed by atoms with Gasteiger partial charge in [-0.2, -0.15) is 0 Å². The van der Waals surface area contributed by atoms with E-state index >= 15 is 0 Å². The molecule has 134 valence electrons. The second-order valence-corrected chi connectivity index (χ2v) is 6.02. The van der Waals surface area contributed by atoms with Gasteiger partial charge in [-0.3, -0.25) is 9.59 Å². The zero-order chi connectivity index (χ0) is 17.8. The Bertz CT molecular complexity index is 529. The number of hydrogen-bond donors (Lipinski definition) is 2. The van der Waals surface area contributed by atoms with Crippen LogP contribution < -0.4 is 15.4 Å². The normalized spacial score (nSPS) is 10.3. The molecule has 0 aliphatic rings. The van der Waals surface area contributed by atoms with Crippen LogP contribution >= 0.6 is 0 Å². The average Bonchev–Trinajstić information content (AvgIpc) is 2.55. The van der Waals surface area contributed by atoms with E-state index in [9.17, 15) is 9.59 Å². The minimum atomic E-state index is -0.163. The van der Waals surface area contributed by atoms with Crippen LogP contribution in [0.15, 0.2) is 18.2 Å². The topological polar surface area (TPSA) is 67.4 Å². The van der Waals surface area contributed by atoms with Gasteiger partial charge in [-0.1, -0.05) is 45.4 Å². The number of carbonyl (C=O) groups excluding carboxylic acids is 2. The summed E-state index contributed by atoms with van der Waals surface area (Å²) in [7, 11) is 1.53. The van der Waals surface area contributed by atoms with E-state index in [1.807, 2.05) is 0 Å². The minimum absolute atomic E-state index is 0.0119. The number of nitrogens with one attached hydrogen (secondary N) is 2. The summed E-state index contributed by atoms with van der Waals surface area (Å²) < 4.78 is 5.25. The quantitative estimate of drug-likeness (QED) is 0.575. The maximum Gasteiger partial charge on any atom is 0.224 e. The fourth-order valence-electron chi connectivity index (χ4n) is 2.53. The molecule has 0 heterocycles. The molecule has 1 aromatic rings. The molecule has 0 bridgehead atoms. The summed E-state index contributed by atoms with van der Waals surface area (Å²) in [5.41, 5.74) is 1.27. The lowest BCUT2D eigenvalue weighted by molar-refractivity contribution is -0.116. The smallest absolute Gasteiger partial charge is 0.224 e. The first-order valence-electron chi connectivity index (χ1n) is 8.82. The Morgan fingerprint density at radius 2 is 1.67 bits per heavy atom. The third-order valence-electron chi connectivity index (χ3n) is 3.80. The first-order chi connectivity index (χ1) is 11.6. The Morgan fingerprint density at radius 1 is 1.00 bits per heavy atom. The molecule has 0 aromatic heterocycles. The lowest BCUT2D eigenvalue weighted by Crippen LogP contribution is -2.12. The van der Waals surface area contributed by atoms with E-state index in [1.54, 1.807) is 18.2 Å². The van der Waals surface area contributed by atoms with Crippen LogP contribution in [0, 0.1) is 0 Å². The highest BCUT2D eigenvalue weighted by atomic mass is 16.5. The summed E-state index contributed by atoms with van der Waals surface area (Å²) in [6, 6.07) is 5.20. The Hall–Kier alpha value is -2.04. The highest BCUT2D eigenvalue weighted by molar-refractivity contribution is 5.93. The molecular formula is C19H30N2O3. The average molecular weight is 334 g/mol. The van der Waals surface area contributed by atoms with Gasteiger partial charge < -0.3 is 15.4 Å². The van der Waals surface area contributed by atoms with Crippen LogP contribution in [-0.4, -0.2) is 18.9 Å². The number of amides is 2. The van der Waals surface area contributed by atoms with Gasteiger partial charge in [0.05, 0.1) is 12.8 Å². The maximum absolute atomic E-state index is 12.0. The molecule has 0 fully saturated rings. The van der Waals surface area contributed by atoms with Crippen LogP contribution in [0.3, 0.4) is 0 Å². The van der Waals surface area contributed by atoms with Gasteiger partial charge in [0.25, 0.3) is 0 Å². The lowest BCUT2D eigenvalue weighted by atomic mass is 10.1. The molecule has 0 saturated carbocycles. The summed E-state index contributed by atoms with van der Waals surface area (Å²) in [6.45, 7) is 3.65. The van der Waals surface area contributed by atoms with Crippen LogP contribution in [0.4, 0.5) is 11.4 Å². The Labute approximate surface area is 145 Å². The zero-order valence-electron chi connectivity index (χ0n) is 15.1. The molecule has 1 rings (SSSR count). The highest BCUT2D eigenvalue weighted by Gasteiger charge is 2.08. The molecule has 0 saturated heterocycles. The monoisotopic (exact) mass is 334 g/mol. The zero-order valence-corrected chi connectivity index (χ0v) is 15.1. The van der Waals surface area contributed by atoms with Crippen LogP contribution in [0.1, 0.15) is 65.2 Å². The number of methoxy groups -OCH3 is 1. The first kappa shape index (κ1) is 20.0. The number of unbranched alkanes of at least 4 members (excludes halogenated alkanes) is 6. The van der Waals surface area contributed by atoms with Crippen molar-refractivity contribution < 1.29 is 14.3 Å². The predicted octanol–water partition coefficient (Wildman–Crippen LogP) is 4.73. The number of carbonyl (C=O) groups is 2. The van der Waals surface area contributed by atoms with Crippen LogP contribution in [0.5, 0.6) is 5.75 Å². The number of benzene rings is 1. The molecule has 0 atom stereocenters.